The van der Waals surface area contributed by atoms with E-state index in [9.17, 15) is 4.79 Å². The van der Waals surface area contributed by atoms with Gasteiger partial charge in [-0.25, -0.2) is 4.98 Å². The van der Waals surface area contributed by atoms with Crippen LogP contribution in [0.4, 0.5) is 5.82 Å². The zero-order valence-electron chi connectivity index (χ0n) is 10.5. The van der Waals surface area contributed by atoms with Gasteiger partial charge in [0.05, 0.1) is 0 Å². The fraction of sp³-hybridized carbons (Fsp3) is 0.667. The van der Waals surface area contributed by atoms with Gasteiger partial charge in [0.15, 0.2) is 5.82 Å². The van der Waals surface area contributed by atoms with Gasteiger partial charge >= 0.3 is 0 Å². The molecule has 0 saturated carbocycles. The smallest absolute Gasteiger partial charge is 0.293 e. The number of anilines is 1. The highest BCUT2D eigenvalue weighted by molar-refractivity contribution is 5.32. The number of nitrogens with one attached hydrogen (secondary N) is 1. The minimum absolute atomic E-state index is 0.0307. The van der Waals surface area contributed by atoms with Gasteiger partial charge in [0.1, 0.15) is 0 Å². The summed E-state index contributed by atoms with van der Waals surface area (Å²) in [6.07, 6.45) is 4.35. The molecule has 0 bridgehead atoms. The molecule has 16 heavy (non-hydrogen) atoms. The third-order valence-corrected chi connectivity index (χ3v) is 2.74. The minimum atomic E-state index is -0.0307. The second-order valence-corrected chi connectivity index (χ2v) is 4.45. The van der Waals surface area contributed by atoms with Gasteiger partial charge in [-0.15, -0.1) is 0 Å². The van der Waals surface area contributed by atoms with Gasteiger partial charge in [-0.2, -0.15) is 0 Å². The summed E-state index contributed by atoms with van der Waals surface area (Å²) in [5.74, 6) is 0.929. The van der Waals surface area contributed by atoms with Crippen molar-refractivity contribution in [3.8, 4) is 0 Å². The Morgan fingerprint density at radius 3 is 2.69 bits per heavy atom. The standard InChI is InChI=1S/C12H21N3O/c1-5-7-15-8-6-13-11(12(15)16)14-10(4)9(2)3/h6,8-10H,5,7H2,1-4H3,(H,13,14). The van der Waals surface area contributed by atoms with Crippen molar-refractivity contribution in [2.75, 3.05) is 5.32 Å². The zero-order chi connectivity index (χ0) is 12.1. The molecular formula is C12H21N3O. The van der Waals surface area contributed by atoms with Crippen molar-refractivity contribution in [3.63, 3.8) is 0 Å². The van der Waals surface area contributed by atoms with E-state index in [0.29, 0.717) is 11.7 Å². The van der Waals surface area contributed by atoms with Crippen LogP contribution in [0.1, 0.15) is 34.1 Å². The summed E-state index contributed by atoms with van der Waals surface area (Å²) in [5, 5.41) is 3.16. The van der Waals surface area contributed by atoms with Gasteiger partial charge in [-0.05, 0) is 19.3 Å². The van der Waals surface area contributed by atoms with Crippen LogP contribution in [0.3, 0.4) is 0 Å². The average Bonchev–Trinajstić information content (AvgIpc) is 2.24. The Hall–Kier alpha value is -1.32. The summed E-state index contributed by atoms with van der Waals surface area (Å²) in [6, 6.07) is 0.248. The molecule has 1 rings (SSSR count). The van der Waals surface area contributed by atoms with Crippen molar-refractivity contribution in [2.24, 2.45) is 5.92 Å². The highest BCUT2D eigenvalue weighted by Gasteiger charge is 2.10. The van der Waals surface area contributed by atoms with Crippen molar-refractivity contribution in [2.45, 2.75) is 46.7 Å². The third-order valence-electron chi connectivity index (χ3n) is 2.74. The maximum Gasteiger partial charge on any atom is 0.293 e. The van der Waals surface area contributed by atoms with Gasteiger partial charge in [-0.3, -0.25) is 4.79 Å². The first-order valence-electron chi connectivity index (χ1n) is 5.88. The number of nitrogens with zero attached hydrogens (tertiary/aromatic N) is 2. The molecule has 0 aliphatic carbocycles. The van der Waals surface area contributed by atoms with Crippen LogP contribution in [0.5, 0.6) is 0 Å². The van der Waals surface area contributed by atoms with Gasteiger partial charge in [0.2, 0.25) is 0 Å². The van der Waals surface area contributed by atoms with E-state index in [-0.39, 0.29) is 11.6 Å². The van der Waals surface area contributed by atoms with Gasteiger partial charge in [0.25, 0.3) is 5.56 Å². The van der Waals surface area contributed by atoms with Crippen LogP contribution in [0, 0.1) is 5.92 Å². The minimum Gasteiger partial charge on any atom is -0.363 e. The highest BCUT2D eigenvalue weighted by atomic mass is 16.1. The maximum absolute atomic E-state index is 12.0. The molecule has 1 atom stereocenters. The lowest BCUT2D eigenvalue weighted by molar-refractivity contribution is 0.555. The van der Waals surface area contributed by atoms with Crippen LogP contribution in [-0.2, 0) is 6.54 Å². The van der Waals surface area contributed by atoms with E-state index in [4.69, 9.17) is 0 Å². The van der Waals surface area contributed by atoms with Crippen LogP contribution in [0.25, 0.3) is 0 Å². The molecule has 0 aliphatic heterocycles. The largest absolute Gasteiger partial charge is 0.363 e. The van der Waals surface area contributed by atoms with Gasteiger partial charge in [0, 0.05) is 25.0 Å². The Morgan fingerprint density at radius 2 is 2.12 bits per heavy atom. The van der Waals surface area contributed by atoms with Gasteiger partial charge < -0.3 is 9.88 Å². The quantitative estimate of drug-likeness (QED) is 0.831. The fourth-order valence-corrected chi connectivity index (χ4v) is 1.35. The number of aryl methyl sites for hydroxylation is 1. The van der Waals surface area contributed by atoms with E-state index in [0.717, 1.165) is 13.0 Å². The molecular weight excluding hydrogens is 202 g/mol. The van der Waals surface area contributed by atoms with Crippen LogP contribution in [0.15, 0.2) is 17.2 Å². The van der Waals surface area contributed by atoms with E-state index < -0.39 is 0 Å². The lowest BCUT2D eigenvalue weighted by Gasteiger charge is -2.18. The summed E-state index contributed by atoms with van der Waals surface area (Å²) in [7, 11) is 0. The van der Waals surface area contributed by atoms with Crippen molar-refractivity contribution in [1.82, 2.24) is 9.55 Å². The van der Waals surface area contributed by atoms with E-state index in [2.05, 4.69) is 38.0 Å². The Kier molecular flexibility index (Phi) is 4.52. The number of aromatic nitrogens is 2. The molecule has 1 aromatic rings. The average molecular weight is 223 g/mol. The Labute approximate surface area is 96.7 Å². The Bertz CT molecular complexity index is 384. The monoisotopic (exact) mass is 223 g/mol. The molecule has 0 radical (unpaired) electrons. The Morgan fingerprint density at radius 1 is 1.44 bits per heavy atom. The SMILES string of the molecule is CCCn1ccnc(NC(C)C(C)C)c1=O. The van der Waals surface area contributed by atoms with E-state index in [1.807, 2.05) is 0 Å². The summed E-state index contributed by atoms with van der Waals surface area (Å²) >= 11 is 0. The molecule has 1 unspecified atom stereocenters. The van der Waals surface area contributed by atoms with E-state index in [1.165, 1.54) is 0 Å². The molecule has 1 aromatic heterocycles. The first kappa shape index (κ1) is 12.7. The Balaban J connectivity index is 2.89. The predicted molar refractivity (Wildman–Crippen MR) is 66.7 cm³/mol. The molecule has 0 amide bonds. The molecule has 4 heteroatoms. The number of hydrogen-bond acceptors (Lipinski definition) is 3. The first-order valence-corrected chi connectivity index (χ1v) is 5.88. The van der Waals surface area contributed by atoms with Crippen LogP contribution in [0.2, 0.25) is 0 Å². The lowest BCUT2D eigenvalue weighted by Crippen LogP contribution is -2.30. The lowest BCUT2D eigenvalue weighted by atomic mass is 10.1. The topological polar surface area (TPSA) is 46.9 Å². The van der Waals surface area contributed by atoms with Crippen molar-refractivity contribution in [3.05, 3.63) is 22.7 Å². The molecule has 1 heterocycles. The fourth-order valence-electron chi connectivity index (χ4n) is 1.35. The summed E-state index contributed by atoms with van der Waals surface area (Å²) in [4.78, 5) is 16.1. The molecule has 4 nitrogen and oxygen atoms in total. The molecule has 0 saturated heterocycles. The molecule has 0 fully saturated rings. The second-order valence-electron chi connectivity index (χ2n) is 4.45. The first-order chi connectivity index (χ1) is 7.56. The van der Waals surface area contributed by atoms with Crippen LogP contribution in [-0.4, -0.2) is 15.6 Å². The number of hydrogen-bond donors (Lipinski definition) is 1. The molecule has 1 N–H and O–H groups in total. The van der Waals surface area contributed by atoms with Crippen molar-refractivity contribution >= 4 is 5.82 Å². The van der Waals surface area contributed by atoms with Gasteiger partial charge in [-0.1, -0.05) is 20.8 Å². The molecule has 0 aliphatic rings. The maximum atomic E-state index is 12.0. The van der Waals surface area contributed by atoms with E-state index >= 15 is 0 Å². The highest BCUT2D eigenvalue weighted by Crippen LogP contribution is 2.05. The van der Waals surface area contributed by atoms with Crippen LogP contribution >= 0.6 is 0 Å². The third kappa shape index (κ3) is 3.08. The molecule has 0 aromatic carbocycles. The second kappa shape index (κ2) is 5.68. The van der Waals surface area contributed by atoms with Crippen molar-refractivity contribution in [1.29, 1.82) is 0 Å². The normalized spacial score (nSPS) is 12.8. The van der Waals surface area contributed by atoms with E-state index in [1.54, 1.807) is 17.0 Å². The van der Waals surface area contributed by atoms with Crippen molar-refractivity contribution < 1.29 is 0 Å². The van der Waals surface area contributed by atoms with Crippen LogP contribution < -0.4 is 10.9 Å². The summed E-state index contributed by atoms with van der Waals surface area (Å²) in [5.41, 5.74) is -0.0307. The molecule has 90 valence electrons. The number of rotatable bonds is 5. The zero-order valence-corrected chi connectivity index (χ0v) is 10.5. The summed E-state index contributed by atoms with van der Waals surface area (Å²) in [6.45, 7) is 9.09. The summed E-state index contributed by atoms with van der Waals surface area (Å²) < 4.78 is 1.70. The predicted octanol–water partition coefficient (Wildman–Crippen LogP) is 2.11. The molecule has 0 spiro atoms.